The van der Waals surface area contributed by atoms with Crippen LogP contribution >= 0.6 is 0 Å². The highest BCUT2D eigenvalue weighted by atomic mass is 16.4. The number of hydrogen-bond acceptors (Lipinski definition) is 2. The van der Waals surface area contributed by atoms with Gasteiger partial charge in [0.15, 0.2) is 0 Å². The summed E-state index contributed by atoms with van der Waals surface area (Å²) in [6, 6.07) is -0.0371. The maximum atomic E-state index is 12.3. The van der Waals surface area contributed by atoms with Gasteiger partial charge in [0.1, 0.15) is 0 Å². The van der Waals surface area contributed by atoms with Crippen molar-refractivity contribution in [3.05, 3.63) is 0 Å². The average Bonchev–Trinajstić information content (AvgIpc) is 2.84. The van der Waals surface area contributed by atoms with E-state index in [9.17, 15) is 14.7 Å². The smallest absolute Gasteiger partial charge is 0.319 e. The largest absolute Gasteiger partial charge is 0.481 e. The lowest BCUT2D eigenvalue weighted by Crippen LogP contribution is -2.44. The molecule has 1 aliphatic heterocycles. The summed E-state index contributed by atoms with van der Waals surface area (Å²) in [5.41, 5.74) is -0.778. The van der Waals surface area contributed by atoms with Gasteiger partial charge in [0, 0.05) is 26.7 Å². The van der Waals surface area contributed by atoms with Gasteiger partial charge in [-0.2, -0.15) is 0 Å². The first-order valence-corrected chi connectivity index (χ1v) is 7.58. The highest BCUT2D eigenvalue weighted by Gasteiger charge is 2.48. The first-order valence-electron chi connectivity index (χ1n) is 7.58. The molecule has 0 aliphatic carbocycles. The molecule has 0 aromatic rings. The first-order chi connectivity index (χ1) is 9.35. The van der Waals surface area contributed by atoms with Crippen LogP contribution in [0.25, 0.3) is 0 Å². The van der Waals surface area contributed by atoms with E-state index in [1.54, 1.807) is 16.8 Å². The van der Waals surface area contributed by atoms with Crippen molar-refractivity contribution >= 4 is 12.0 Å². The molecule has 1 saturated heterocycles. The molecule has 0 aromatic carbocycles. The summed E-state index contributed by atoms with van der Waals surface area (Å²) in [7, 11) is 1.80. The zero-order chi connectivity index (χ0) is 15.3. The zero-order valence-electron chi connectivity index (χ0n) is 13.2. The Kier molecular flexibility index (Phi) is 5.84. The number of urea groups is 1. The molecule has 1 fully saturated rings. The minimum atomic E-state index is -0.781. The number of carbonyl (C=O) groups excluding carboxylic acids is 1. The summed E-state index contributed by atoms with van der Waals surface area (Å²) in [4.78, 5) is 27.3. The second-order valence-corrected chi connectivity index (χ2v) is 6.20. The van der Waals surface area contributed by atoms with Gasteiger partial charge >= 0.3 is 12.0 Å². The van der Waals surface area contributed by atoms with E-state index in [2.05, 4.69) is 6.92 Å². The van der Waals surface area contributed by atoms with Gasteiger partial charge in [0.05, 0.1) is 5.41 Å². The molecule has 5 nitrogen and oxygen atoms in total. The van der Waals surface area contributed by atoms with E-state index in [-0.39, 0.29) is 11.9 Å². The van der Waals surface area contributed by atoms with Gasteiger partial charge in [-0.1, -0.05) is 33.6 Å². The van der Waals surface area contributed by atoms with E-state index in [4.69, 9.17) is 0 Å². The van der Waals surface area contributed by atoms with Crippen LogP contribution in [0.4, 0.5) is 4.79 Å². The fourth-order valence-electron chi connectivity index (χ4n) is 2.83. The summed E-state index contributed by atoms with van der Waals surface area (Å²) in [5, 5.41) is 9.49. The molecule has 0 radical (unpaired) electrons. The lowest BCUT2D eigenvalue weighted by atomic mass is 9.76. The molecule has 0 spiro atoms. The average molecular weight is 284 g/mol. The van der Waals surface area contributed by atoms with Crippen LogP contribution in [0.2, 0.25) is 0 Å². The Morgan fingerprint density at radius 1 is 1.35 bits per heavy atom. The van der Waals surface area contributed by atoms with E-state index in [1.165, 1.54) is 0 Å². The van der Waals surface area contributed by atoms with E-state index >= 15 is 0 Å². The Morgan fingerprint density at radius 3 is 2.45 bits per heavy atom. The second-order valence-electron chi connectivity index (χ2n) is 6.20. The third-order valence-corrected chi connectivity index (χ3v) is 4.53. The number of rotatable bonds is 6. The molecular weight excluding hydrogens is 256 g/mol. The van der Waals surface area contributed by atoms with Gasteiger partial charge in [-0.05, 0) is 18.8 Å². The highest BCUT2D eigenvalue weighted by Crippen LogP contribution is 2.38. The predicted molar refractivity (Wildman–Crippen MR) is 78.6 cm³/mol. The topological polar surface area (TPSA) is 60.9 Å². The number of carbonyl (C=O) groups is 2. The minimum absolute atomic E-state index is 0.0307. The molecule has 20 heavy (non-hydrogen) atoms. The van der Waals surface area contributed by atoms with Crippen LogP contribution in [-0.2, 0) is 4.79 Å². The van der Waals surface area contributed by atoms with E-state index in [1.807, 2.05) is 13.8 Å². The molecule has 1 rings (SSSR count). The van der Waals surface area contributed by atoms with Crippen LogP contribution in [0.5, 0.6) is 0 Å². The van der Waals surface area contributed by atoms with Crippen molar-refractivity contribution in [2.24, 2.45) is 11.3 Å². The van der Waals surface area contributed by atoms with Crippen LogP contribution in [0, 0.1) is 11.3 Å². The summed E-state index contributed by atoms with van der Waals surface area (Å²) < 4.78 is 0. The van der Waals surface area contributed by atoms with Crippen LogP contribution in [0.15, 0.2) is 0 Å². The van der Waals surface area contributed by atoms with Gasteiger partial charge in [0.25, 0.3) is 0 Å². The summed E-state index contributed by atoms with van der Waals surface area (Å²) >= 11 is 0. The molecule has 5 heteroatoms. The normalized spacial score (nSPS) is 22.4. The van der Waals surface area contributed by atoms with Gasteiger partial charge < -0.3 is 14.9 Å². The van der Waals surface area contributed by atoms with Crippen LogP contribution in [0.3, 0.4) is 0 Å². The van der Waals surface area contributed by atoms with Gasteiger partial charge in [-0.3, -0.25) is 4.79 Å². The van der Waals surface area contributed by atoms with Gasteiger partial charge in [-0.25, -0.2) is 4.79 Å². The molecular formula is C15H28N2O3. The molecule has 0 aromatic heterocycles. The fourth-order valence-corrected chi connectivity index (χ4v) is 2.83. The zero-order valence-corrected chi connectivity index (χ0v) is 13.2. The molecule has 1 aliphatic rings. The number of nitrogens with zero attached hydrogens (tertiary/aromatic N) is 2. The number of carboxylic acids is 1. The monoisotopic (exact) mass is 284 g/mol. The maximum absolute atomic E-state index is 12.3. The Hall–Kier alpha value is -1.26. The fraction of sp³-hybridized carbons (Fsp3) is 0.867. The number of carboxylic acid groups (broad SMARTS) is 1. The number of hydrogen-bond donors (Lipinski definition) is 1. The maximum Gasteiger partial charge on any atom is 0.319 e. The van der Waals surface area contributed by atoms with Crippen molar-refractivity contribution in [1.82, 2.24) is 9.80 Å². The van der Waals surface area contributed by atoms with Crippen LogP contribution < -0.4 is 0 Å². The molecule has 0 saturated carbocycles. The highest BCUT2D eigenvalue weighted by molar-refractivity contribution is 5.80. The minimum Gasteiger partial charge on any atom is -0.481 e. The van der Waals surface area contributed by atoms with Gasteiger partial charge in [-0.15, -0.1) is 0 Å². The predicted octanol–water partition coefficient (Wildman–Crippen LogP) is 2.66. The molecule has 1 unspecified atom stereocenters. The Morgan fingerprint density at radius 2 is 2.00 bits per heavy atom. The van der Waals surface area contributed by atoms with Crippen molar-refractivity contribution in [1.29, 1.82) is 0 Å². The molecule has 1 heterocycles. The van der Waals surface area contributed by atoms with Crippen molar-refractivity contribution in [3.63, 3.8) is 0 Å². The Bertz CT molecular complexity index is 357. The Balaban J connectivity index is 2.62. The summed E-state index contributed by atoms with van der Waals surface area (Å²) in [6.07, 6.45) is 3.79. The number of likely N-dealkylation sites (tertiary alicyclic amines) is 1. The van der Waals surface area contributed by atoms with Crippen molar-refractivity contribution in [2.45, 2.75) is 46.5 Å². The molecule has 1 atom stereocenters. The molecule has 2 amide bonds. The lowest BCUT2D eigenvalue weighted by molar-refractivity contribution is -0.150. The van der Waals surface area contributed by atoms with Crippen molar-refractivity contribution < 1.29 is 14.7 Å². The van der Waals surface area contributed by atoms with E-state index in [0.29, 0.717) is 19.5 Å². The summed E-state index contributed by atoms with van der Waals surface area (Å²) in [5.74, 6) is -0.750. The standard InChI is InChI=1S/C15H28N2O3/c1-5-6-7-9-16(4)14(20)17-10-8-15(11-17,12(2)3)13(18)19/h12H,5-11H2,1-4H3,(H,18,19). The molecule has 0 bridgehead atoms. The van der Waals surface area contributed by atoms with Crippen molar-refractivity contribution in [2.75, 3.05) is 26.7 Å². The third kappa shape index (κ3) is 3.44. The Labute approximate surface area is 121 Å². The van der Waals surface area contributed by atoms with Crippen LogP contribution in [-0.4, -0.2) is 53.6 Å². The number of amides is 2. The SMILES string of the molecule is CCCCCN(C)C(=O)N1CCC(C(=O)O)(C(C)C)C1. The van der Waals surface area contributed by atoms with Crippen molar-refractivity contribution in [3.8, 4) is 0 Å². The first kappa shape index (κ1) is 16.8. The van der Waals surface area contributed by atoms with Crippen LogP contribution in [0.1, 0.15) is 46.5 Å². The number of aliphatic carboxylic acids is 1. The second kappa shape index (κ2) is 6.95. The number of unbranched alkanes of at least 4 members (excludes halogenated alkanes) is 2. The lowest BCUT2D eigenvalue weighted by Gasteiger charge is -2.30. The van der Waals surface area contributed by atoms with Gasteiger partial charge in [0.2, 0.25) is 0 Å². The van der Waals surface area contributed by atoms with E-state index < -0.39 is 11.4 Å². The quantitative estimate of drug-likeness (QED) is 0.763. The summed E-state index contributed by atoms with van der Waals surface area (Å²) in [6.45, 7) is 7.59. The van der Waals surface area contributed by atoms with E-state index in [0.717, 1.165) is 25.8 Å². The third-order valence-electron chi connectivity index (χ3n) is 4.53. The molecule has 1 N–H and O–H groups in total. The molecule has 116 valence electrons.